The maximum atomic E-state index is 2.35. The van der Waals surface area contributed by atoms with Gasteiger partial charge in [-0.3, -0.25) is 0 Å². The second kappa shape index (κ2) is 7.23. The fourth-order valence-corrected chi connectivity index (χ4v) is 5.73. The number of benzene rings is 3. The minimum absolute atomic E-state index is 0.579. The molecule has 0 N–H and O–H groups in total. The molecule has 0 fully saturated rings. The van der Waals surface area contributed by atoms with Crippen LogP contribution >= 0.6 is 0 Å². The van der Waals surface area contributed by atoms with Crippen LogP contribution in [0.5, 0.6) is 0 Å². The van der Waals surface area contributed by atoms with Crippen LogP contribution in [0.3, 0.4) is 0 Å². The fourth-order valence-electron chi connectivity index (χ4n) is 2.89. The van der Waals surface area contributed by atoms with Crippen LogP contribution in [0.25, 0.3) is 0 Å². The second-order valence-electron chi connectivity index (χ2n) is 5.73. The van der Waals surface area contributed by atoms with Crippen molar-refractivity contribution in [2.45, 2.75) is 18.9 Å². The molecule has 0 bridgehead atoms. The molecular weight excluding hydrogens is 280 g/mol. The van der Waals surface area contributed by atoms with Gasteiger partial charge in [-0.2, -0.15) is 0 Å². The van der Waals surface area contributed by atoms with E-state index in [1.54, 1.807) is 0 Å². The standard InChI is InChI=1S/C21H21Si/c1-18(19-11-5-2-6-12-19)17-22(20-13-7-3-8-14-20)21-15-9-4-10-16-21/h2-16,18H,17H2,1H3. The fraction of sp³-hybridized carbons (Fsp3) is 0.143. The van der Waals surface area contributed by atoms with E-state index in [2.05, 4.69) is 97.9 Å². The smallest absolute Gasteiger partial charge is 0.0628 e. The van der Waals surface area contributed by atoms with Crippen molar-refractivity contribution in [3.63, 3.8) is 0 Å². The Bertz CT molecular complexity index is 637. The van der Waals surface area contributed by atoms with Crippen LogP contribution in [-0.2, 0) is 0 Å². The van der Waals surface area contributed by atoms with Crippen molar-refractivity contribution in [1.82, 2.24) is 0 Å². The van der Waals surface area contributed by atoms with Gasteiger partial charge in [-0.15, -0.1) is 0 Å². The van der Waals surface area contributed by atoms with Crippen LogP contribution in [0.2, 0.25) is 6.04 Å². The molecule has 0 aliphatic carbocycles. The average molecular weight is 301 g/mol. The molecule has 0 spiro atoms. The van der Waals surface area contributed by atoms with Crippen LogP contribution in [0.4, 0.5) is 0 Å². The minimum atomic E-state index is -0.746. The lowest BCUT2D eigenvalue weighted by Crippen LogP contribution is -2.42. The van der Waals surface area contributed by atoms with E-state index in [1.165, 1.54) is 22.0 Å². The van der Waals surface area contributed by atoms with Crippen LogP contribution < -0.4 is 10.4 Å². The van der Waals surface area contributed by atoms with Gasteiger partial charge in [0.2, 0.25) is 0 Å². The summed E-state index contributed by atoms with van der Waals surface area (Å²) in [4.78, 5) is 0. The van der Waals surface area contributed by atoms with Gasteiger partial charge in [0, 0.05) is 0 Å². The molecule has 22 heavy (non-hydrogen) atoms. The first-order valence-electron chi connectivity index (χ1n) is 7.86. The monoisotopic (exact) mass is 301 g/mol. The molecule has 0 aromatic heterocycles. The Morgan fingerprint density at radius 3 is 1.50 bits per heavy atom. The maximum Gasteiger partial charge on any atom is 0.122 e. The van der Waals surface area contributed by atoms with Gasteiger partial charge in [0.1, 0.15) is 8.80 Å². The van der Waals surface area contributed by atoms with Gasteiger partial charge in [-0.05, 0) is 17.5 Å². The van der Waals surface area contributed by atoms with Crippen molar-refractivity contribution < 1.29 is 0 Å². The van der Waals surface area contributed by atoms with E-state index in [-0.39, 0.29) is 0 Å². The van der Waals surface area contributed by atoms with E-state index in [1.807, 2.05) is 0 Å². The molecule has 0 aliphatic heterocycles. The van der Waals surface area contributed by atoms with Gasteiger partial charge < -0.3 is 0 Å². The maximum absolute atomic E-state index is 2.35. The average Bonchev–Trinajstić information content (AvgIpc) is 2.62. The zero-order valence-electron chi connectivity index (χ0n) is 12.9. The summed E-state index contributed by atoms with van der Waals surface area (Å²) in [7, 11) is -0.746. The van der Waals surface area contributed by atoms with E-state index in [9.17, 15) is 0 Å². The zero-order chi connectivity index (χ0) is 15.2. The third-order valence-corrected chi connectivity index (χ3v) is 7.20. The molecule has 1 heteroatoms. The number of rotatable bonds is 5. The predicted octanol–water partition coefficient (Wildman–Crippen LogP) is 4.10. The lowest BCUT2D eigenvalue weighted by Gasteiger charge is -2.20. The van der Waals surface area contributed by atoms with E-state index >= 15 is 0 Å². The predicted molar refractivity (Wildman–Crippen MR) is 97.6 cm³/mol. The molecule has 3 rings (SSSR count). The van der Waals surface area contributed by atoms with Crippen molar-refractivity contribution in [3.8, 4) is 0 Å². The first-order chi connectivity index (χ1) is 10.8. The molecule has 3 aromatic carbocycles. The molecule has 0 heterocycles. The van der Waals surface area contributed by atoms with Crippen LogP contribution in [-0.4, -0.2) is 8.80 Å². The quantitative estimate of drug-likeness (QED) is 0.622. The molecule has 1 atom stereocenters. The molecule has 3 aromatic rings. The van der Waals surface area contributed by atoms with Crippen molar-refractivity contribution in [1.29, 1.82) is 0 Å². The summed E-state index contributed by atoms with van der Waals surface area (Å²) in [5.74, 6) is 0.579. The Balaban J connectivity index is 1.90. The summed E-state index contributed by atoms with van der Waals surface area (Å²) in [5, 5.41) is 3.00. The molecule has 0 saturated carbocycles. The highest BCUT2D eigenvalue weighted by atomic mass is 28.3. The normalized spacial score (nSPS) is 12.3. The lowest BCUT2D eigenvalue weighted by molar-refractivity contribution is 0.857. The highest BCUT2D eigenvalue weighted by molar-refractivity contribution is 6.85. The van der Waals surface area contributed by atoms with Gasteiger partial charge in [0.25, 0.3) is 0 Å². The van der Waals surface area contributed by atoms with Gasteiger partial charge in [-0.1, -0.05) is 108 Å². The molecule has 0 nitrogen and oxygen atoms in total. The second-order valence-corrected chi connectivity index (χ2v) is 8.25. The van der Waals surface area contributed by atoms with Crippen LogP contribution in [0.15, 0.2) is 91.0 Å². The topological polar surface area (TPSA) is 0 Å². The van der Waals surface area contributed by atoms with E-state index in [0.29, 0.717) is 5.92 Å². The Kier molecular flexibility index (Phi) is 4.87. The van der Waals surface area contributed by atoms with Crippen molar-refractivity contribution >= 4 is 19.2 Å². The molecule has 0 amide bonds. The summed E-state index contributed by atoms with van der Waals surface area (Å²) >= 11 is 0. The third kappa shape index (κ3) is 3.55. The lowest BCUT2D eigenvalue weighted by atomic mass is 10.0. The number of hydrogen-bond donors (Lipinski definition) is 0. The summed E-state index contributed by atoms with van der Waals surface area (Å²) in [6.07, 6.45) is 0. The summed E-state index contributed by atoms with van der Waals surface area (Å²) in [5.41, 5.74) is 1.44. The number of hydrogen-bond acceptors (Lipinski definition) is 0. The van der Waals surface area contributed by atoms with Crippen molar-refractivity contribution in [2.24, 2.45) is 0 Å². The summed E-state index contributed by atoms with van der Waals surface area (Å²) < 4.78 is 0. The zero-order valence-corrected chi connectivity index (χ0v) is 13.9. The highest BCUT2D eigenvalue weighted by Gasteiger charge is 2.20. The van der Waals surface area contributed by atoms with E-state index in [4.69, 9.17) is 0 Å². The molecule has 1 unspecified atom stereocenters. The van der Waals surface area contributed by atoms with E-state index in [0.717, 1.165) is 0 Å². The molecular formula is C21H21Si. The molecule has 0 aliphatic rings. The Labute approximate surface area is 135 Å². The largest absolute Gasteiger partial charge is 0.122 e. The SMILES string of the molecule is CC(C[Si](c1ccccc1)c1ccccc1)c1ccccc1. The van der Waals surface area contributed by atoms with Crippen molar-refractivity contribution in [3.05, 3.63) is 96.6 Å². The first-order valence-corrected chi connectivity index (χ1v) is 9.57. The molecule has 0 saturated heterocycles. The Hall–Kier alpha value is -2.12. The Morgan fingerprint density at radius 1 is 0.636 bits per heavy atom. The van der Waals surface area contributed by atoms with Crippen molar-refractivity contribution in [2.75, 3.05) is 0 Å². The van der Waals surface area contributed by atoms with Gasteiger partial charge in [0.05, 0.1) is 0 Å². The minimum Gasteiger partial charge on any atom is -0.0628 e. The highest BCUT2D eigenvalue weighted by Crippen LogP contribution is 2.21. The summed E-state index contributed by atoms with van der Waals surface area (Å²) in [6.45, 7) is 2.35. The first kappa shape index (κ1) is 14.8. The van der Waals surface area contributed by atoms with Crippen LogP contribution in [0, 0.1) is 0 Å². The third-order valence-electron chi connectivity index (χ3n) is 4.12. The molecule has 109 valence electrons. The van der Waals surface area contributed by atoms with Gasteiger partial charge in [0.15, 0.2) is 0 Å². The van der Waals surface area contributed by atoms with E-state index < -0.39 is 8.80 Å². The molecule has 1 radical (unpaired) electrons. The van der Waals surface area contributed by atoms with Crippen LogP contribution in [0.1, 0.15) is 18.4 Å². The van der Waals surface area contributed by atoms with Gasteiger partial charge >= 0.3 is 0 Å². The summed E-state index contributed by atoms with van der Waals surface area (Å²) in [6, 6.07) is 34.1. The Morgan fingerprint density at radius 2 is 1.05 bits per heavy atom. The van der Waals surface area contributed by atoms with Gasteiger partial charge in [-0.25, -0.2) is 0 Å².